The van der Waals surface area contributed by atoms with Gasteiger partial charge in [0.05, 0.1) is 24.7 Å². The Morgan fingerprint density at radius 3 is 2.62 bits per heavy atom. The number of ether oxygens (including phenoxy) is 1. The summed E-state index contributed by atoms with van der Waals surface area (Å²) in [6, 6.07) is 7.36. The van der Waals surface area contributed by atoms with Gasteiger partial charge in [-0.25, -0.2) is 4.98 Å². The molecule has 0 amide bonds. The van der Waals surface area contributed by atoms with E-state index in [0.717, 1.165) is 55.5 Å². The van der Waals surface area contributed by atoms with Crippen molar-refractivity contribution in [3.05, 3.63) is 30.0 Å². The van der Waals surface area contributed by atoms with Gasteiger partial charge in [-0.3, -0.25) is 0 Å². The van der Waals surface area contributed by atoms with Crippen molar-refractivity contribution in [3.8, 4) is 5.75 Å². The summed E-state index contributed by atoms with van der Waals surface area (Å²) in [5.74, 6) is 2.47. The number of benzene rings is 1. The van der Waals surface area contributed by atoms with Crippen LogP contribution in [0.5, 0.6) is 5.75 Å². The van der Waals surface area contributed by atoms with Crippen molar-refractivity contribution >= 4 is 23.1 Å². The van der Waals surface area contributed by atoms with Crippen molar-refractivity contribution < 1.29 is 4.74 Å². The van der Waals surface area contributed by atoms with Crippen LogP contribution in [0, 0.1) is 5.41 Å². The number of fused-ring (bicyclic) bond motifs is 1. The number of nitrogens with zero attached hydrogens (tertiary/aromatic N) is 5. The monoisotopic (exact) mass is 509 g/mol. The first-order valence-corrected chi connectivity index (χ1v) is 13.9. The standard InChI is InChI=1S/C29H47N7O/c1-8-22-18-35(6)25-17-31-28(33-27(25)36(22)23-11-9-10-12-23)32-24-14-13-21(15-26(24)37-7)16-30-19-29(2,3)20-34(4)5/h13-15,17,22-23,30H,8-12,16,18-20H2,1-7H3,(H,31,32,33)/t22-/m1/s1. The van der Waals surface area contributed by atoms with Crippen molar-refractivity contribution in [2.24, 2.45) is 5.41 Å². The molecule has 2 aromatic rings. The van der Waals surface area contributed by atoms with E-state index < -0.39 is 0 Å². The summed E-state index contributed by atoms with van der Waals surface area (Å²) in [6.07, 6.45) is 8.21. The second-order valence-electron chi connectivity index (χ2n) is 11.9. The number of rotatable bonds is 11. The zero-order valence-corrected chi connectivity index (χ0v) is 24.0. The van der Waals surface area contributed by atoms with Crippen molar-refractivity contribution in [2.75, 3.05) is 63.0 Å². The molecule has 0 radical (unpaired) electrons. The smallest absolute Gasteiger partial charge is 0.229 e. The number of hydrogen-bond acceptors (Lipinski definition) is 8. The van der Waals surface area contributed by atoms with E-state index in [-0.39, 0.29) is 5.41 Å². The average Bonchev–Trinajstić information content (AvgIpc) is 3.38. The van der Waals surface area contributed by atoms with Crippen LogP contribution in [0.1, 0.15) is 58.4 Å². The lowest BCUT2D eigenvalue weighted by Crippen LogP contribution is -2.52. The zero-order valence-electron chi connectivity index (χ0n) is 24.0. The normalized spacial score (nSPS) is 18.4. The highest BCUT2D eigenvalue weighted by Crippen LogP contribution is 2.39. The van der Waals surface area contributed by atoms with Gasteiger partial charge >= 0.3 is 0 Å². The number of methoxy groups -OCH3 is 1. The molecule has 1 aromatic heterocycles. The summed E-state index contributed by atoms with van der Waals surface area (Å²) in [4.78, 5) is 16.9. The van der Waals surface area contributed by atoms with Crippen molar-refractivity contribution in [2.45, 2.75) is 71.5 Å². The van der Waals surface area contributed by atoms with Gasteiger partial charge in [0, 0.05) is 45.3 Å². The molecule has 4 rings (SSSR count). The third-order valence-corrected chi connectivity index (χ3v) is 7.66. The lowest BCUT2D eigenvalue weighted by atomic mass is 9.93. The van der Waals surface area contributed by atoms with E-state index in [0.29, 0.717) is 18.0 Å². The van der Waals surface area contributed by atoms with E-state index >= 15 is 0 Å². The molecule has 37 heavy (non-hydrogen) atoms. The molecular weight excluding hydrogens is 462 g/mol. The lowest BCUT2D eigenvalue weighted by molar-refractivity contribution is 0.232. The van der Waals surface area contributed by atoms with Crippen LogP contribution in [0.3, 0.4) is 0 Å². The molecule has 8 heteroatoms. The molecule has 0 bridgehead atoms. The first-order valence-electron chi connectivity index (χ1n) is 13.9. The zero-order chi connectivity index (χ0) is 26.6. The highest BCUT2D eigenvalue weighted by Gasteiger charge is 2.36. The lowest BCUT2D eigenvalue weighted by Gasteiger charge is -2.45. The van der Waals surface area contributed by atoms with Gasteiger partial charge < -0.3 is 30.1 Å². The molecule has 1 atom stereocenters. The Morgan fingerprint density at radius 2 is 1.95 bits per heavy atom. The van der Waals surface area contributed by atoms with Gasteiger partial charge in [-0.2, -0.15) is 4.98 Å². The molecule has 0 saturated heterocycles. The van der Waals surface area contributed by atoms with E-state index in [9.17, 15) is 0 Å². The van der Waals surface area contributed by atoms with Crippen molar-refractivity contribution in [1.82, 2.24) is 20.2 Å². The minimum absolute atomic E-state index is 0.204. The minimum Gasteiger partial charge on any atom is -0.495 e. The predicted octanol–water partition coefficient (Wildman–Crippen LogP) is 4.88. The molecule has 1 aliphatic carbocycles. The molecule has 0 spiro atoms. The fraction of sp³-hybridized carbons (Fsp3) is 0.655. The van der Waals surface area contributed by atoms with E-state index in [1.807, 2.05) is 6.20 Å². The molecule has 2 N–H and O–H groups in total. The molecule has 204 valence electrons. The van der Waals surface area contributed by atoms with Crippen LogP contribution in [0.25, 0.3) is 0 Å². The third kappa shape index (κ3) is 6.65. The predicted molar refractivity (Wildman–Crippen MR) is 154 cm³/mol. The average molecular weight is 510 g/mol. The summed E-state index contributed by atoms with van der Waals surface area (Å²) < 4.78 is 5.75. The quantitative estimate of drug-likeness (QED) is 0.444. The SMILES string of the molecule is CC[C@@H]1CN(C)c2cnc(Nc3ccc(CNCC(C)(C)CN(C)C)cc3OC)nc2N1C1CCCC1. The summed E-state index contributed by atoms with van der Waals surface area (Å²) >= 11 is 0. The highest BCUT2D eigenvalue weighted by molar-refractivity contribution is 5.72. The largest absolute Gasteiger partial charge is 0.495 e. The maximum absolute atomic E-state index is 5.75. The molecule has 2 aliphatic rings. The molecule has 2 heterocycles. The molecule has 1 aromatic carbocycles. The number of anilines is 4. The van der Waals surface area contributed by atoms with E-state index in [1.54, 1.807) is 7.11 Å². The summed E-state index contributed by atoms with van der Waals surface area (Å²) in [5, 5.41) is 7.05. The van der Waals surface area contributed by atoms with Gasteiger partial charge in [0.2, 0.25) is 5.95 Å². The Bertz CT molecular complexity index is 1030. The van der Waals surface area contributed by atoms with Crippen molar-refractivity contribution in [3.63, 3.8) is 0 Å². The van der Waals surface area contributed by atoms with Crippen LogP contribution in [0.2, 0.25) is 0 Å². The molecule has 0 unspecified atom stereocenters. The van der Waals surface area contributed by atoms with Crippen LogP contribution in [0.4, 0.5) is 23.1 Å². The Labute approximate surface area is 223 Å². The Morgan fingerprint density at radius 1 is 1.19 bits per heavy atom. The number of aromatic nitrogens is 2. The maximum Gasteiger partial charge on any atom is 0.229 e. The fourth-order valence-corrected chi connectivity index (χ4v) is 6.07. The Hall–Kier alpha value is -2.58. The molecule has 1 aliphatic heterocycles. The molecule has 8 nitrogen and oxygen atoms in total. The second-order valence-corrected chi connectivity index (χ2v) is 11.9. The van der Waals surface area contributed by atoms with E-state index in [2.05, 4.69) is 90.4 Å². The fourth-order valence-electron chi connectivity index (χ4n) is 6.07. The summed E-state index contributed by atoms with van der Waals surface area (Å²) in [5.41, 5.74) is 3.39. The van der Waals surface area contributed by atoms with Gasteiger partial charge in [-0.1, -0.05) is 39.7 Å². The van der Waals surface area contributed by atoms with Crippen LogP contribution in [-0.4, -0.2) is 74.8 Å². The number of likely N-dealkylation sites (N-methyl/N-ethyl adjacent to an activating group) is 1. The summed E-state index contributed by atoms with van der Waals surface area (Å²) in [6.45, 7) is 10.7. The summed E-state index contributed by atoms with van der Waals surface area (Å²) in [7, 11) is 8.12. The van der Waals surface area contributed by atoms with Crippen LogP contribution < -0.4 is 25.2 Å². The first-order chi connectivity index (χ1) is 17.7. The van der Waals surface area contributed by atoms with Crippen LogP contribution >= 0.6 is 0 Å². The van der Waals surface area contributed by atoms with Crippen molar-refractivity contribution in [1.29, 1.82) is 0 Å². The second kappa shape index (κ2) is 11.9. The topological polar surface area (TPSA) is 68.8 Å². The molecule has 1 saturated carbocycles. The Kier molecular flexibility index (Phi) is 8.80. The Balaban J connectivity index is 1.50. The van der Waals surface area contributed by atoms with E-state index in [1.165, 1.54) is 31.2 Å². The van der Waals surface area contributed by atoms with Gasteiger partial charge in [0.15, 0.2) is 5.82 Å². The van der Waals surface area contributed by atoms with Gasteiger partial charge in [0.25, 0.3) is 0 Å². The molecular formula is C29H47N7O. The third-order valence-electron chi connectivity index (χ3n) is 7.66. The van der Waals surface area contributed by atoms with Crippen LogP contribution in [-0.2, 0) is 6.54 Å². The van der Waals surface area contributed by atoms with Gasteiger partial charge in [-0.05, 0) is 56.5 Å². The van der Waals surface area contributed by atoms with Gasteiger partial charge in [0.1, 0.15) is 5.75 Å². The maximum atomic E-state index is 5.75. The minimum atomic E-state index is 0.204. The number of nitrogens with one attached hydrogen (secondary N) is 2. The van der Waals surface area contributed by atoms with E-state index in [4.69, 9.17) is 9.72 Å². The highest BCUT2D eigenvalue weighted by atomic mass is 16.5. The van der Waals surface area contributed by atoms with Gasteiger partial charge in [-0.15, -0.1) is 0 Å². The van der Waals surface area contributed by atoms with Crippen LogP contribution in [0.15, 0.2) is 24.4 Å². The number of hydrogen-bond donors (Lipinski definition) is 2. The first kappa shape index (κ1) is 27.5. The molecule has 1 fully saturated rings.